The zero-order valence-electron chi connectivity index (χ0n) is 7.93. The Labute approximate surface area is 86.1 Å². The molecule has 6 nitrogen and oxygen atoms in total. The maximum absolute atomic E-state index is 11.1. The van der Waals surface area contributed by atoms with Gasteiger partial charge in [0.1, 0.15) is 0 Å². The Morgan fingerprint density at radius 3 is 2.53 bits per heavy atom. The molecule has 0 spiro atoms. The molecule has 0 bridgehead atoms. The Morgan fingerprint density at radius 2 is 1.93 bits per heavy atom. The lowest BCUT2D eigenvalue weighted by Gasteiger charge is -2.27. The van der Waals surface area contributed by atoms with Gasteiger partial charge >= 0.3 is 0 Å². The third-order valence-electron chi connectivity index (χ3n) is 2.06. The van der Waals surface area contributed by atoms with E-state index in [-0.39, 0.29) is 24.9 Å². The molecule has 1 fully saturated rings. The van der Waals surface area contributed by atoms with Gasteiger partial charge < -0.3 is 10.6 Å². The maximum atomic E-state index is 11.1. The summed E-state index contributed by atoms with van der Waals surface area (Å²) in [6, 6.07) is 1.68. The largest absolute Gasteiger partial charge is 0.397 e. The van der Waals surface area contributed by atoms with Crippen LogP contribution in [0.1, 0.15) is 0 Å². The van der Waals surface area contributed by atoms with E-state index in [2.05, 4.69) is 10.3 Å². The minimum atomic E-state index is -0.311. The van der Waals surface area contributed by atoms with E-state index in [1.807, 2.05) is 0 Å². The predicted octanol–water partition coefficient (Wildman–Crippen LogP) is -0.873. The van der Waals surface area contributed by atoms with Crippen molar-refractivity contribution in [1.82, 2.24) is 10.3 Å². The van der Waals surface area contributed by atoms with Gasteiger partial charge in [-0.3, -0.25) is 19.9 Å². The van der Waals surface area contributed by atoms with Crippen LogP contribution in [0.2, 0.25) is 0 Å². The van der Waals surface area contributed by atoms with Crippen LogP contribution in [0.4, 0.5) is 11.4 Å². The molecule has 2 amide bonds. The highest BCUT2D eigenvalue weighted by atomic mass is 16.2. The second-order valence-electron chi connectivity index (χ2n) is 3.30. The minimum Gasteiger partial charge on any atom is -0.397 e. The number of aromatic nitrogens is 1. The number of nitrogens with zero attached hydrogens (tertiary/aromatic N) is 2. The fourth-order valence-corrected chi connectivity index (χ4v) is 1.44. The van der Waals surface area contributed by atoms with Gasteiger partial charge in [-0.05, 0) is 6.07 Å². The first-order valence-corrected chi connectivity index (χ1v) is 4.43. The second kappa shape index (κ2) is 3.56. The van der Waals surface area contributed by atoms with Crippen LogP contribution in [0.5, 0.6) is 0 Å². The fourth-order valence-electron chi connectivity index (χ4n) is 1.44. The zero-order valence-corrected chi connectivity index (χ0v) is 7.93. The molecule has 1 aliphatic heterocycles. The van der Waals surface area contributed by atoms with Gasteiger partial charge in [0.2, 0.25) is 11.8 Å². The first kappa shape index (κ1) is 9.45. The van der Waals surface area contributed by atoms with E-state index in [9.17, 15) is 9.59 Å². The van der Waals surface area contributed by atoms with E-state index in [1.165, 1.54) is 6.20 Å². The number of hydrogen-bond donors (Lipinski definition) is 2. The molecule has 0 atom stereocenters. The molecule has 2 rings (SSSR count). The van der Waals surface area contributed by atoms with Crippen LogP contribution < -0.4 is 16.0 Å². The number of nitrogen functional groups attached to an aromatic ring is 1. The summed E-state index contributed by atoms with van der Waals surface area (Å²) in [7, 11) is 0. The quantitative estimate of drug-likeness (QED) is 0.583. The monoisotopic (exact) mass is 206 g/mol. The number of pyridine rings is 1. The molecule has 2 heterocycles. The molecule has 0 aliphatic carbocycles. The van der Waals surface area contributed by atoms with Crippen LogP contribution in [0.3, 0.4) is 0 Å². The van der Waals surface area contributed by atoms with Crippen LogP contribution in [-0.2, 0) is 9.59 Å². The Morgan fingerprint density at radius 1 is 1.27 bits per heavy atom. The van der Waals surface area contributed by atoms with Gasteiger partial charge in [0.05, 0.1) is 30.7 Å². The van der Waals surface area contributed by atoms with Gasteiger partial charge in [-0.1, -0.05) is 0 Å². The fraction of sp³-hybridized carbons (Fsp3) is 0.222. The van der Waals surface area contributed by atoms with Crippen LogP contribution >= 0.6 is 0 Å². The van der Waals surface area contributed by atoms with Gasteiger partial charge in [-0.25, -0.2) is 0 Å². The summed E-state index contributed by atoms with van der Waals surface area (Å²) in [5.41, 5.74) is 6.74. The van der Waals surface area contributed by atoms with Crippen molar-refractivity contribution in [2.75, 3.05) is 23.7 Å². The van der Waals surface area contributed by atoms with Crippen LogP contribution in [0, 0.1) is 0 Å². The number of rotatable bonds is 1. The highest BCUT2D eigenvalue weighted by Gasteiger charge is 2.22. The lowest BCUT2D eigenvalue weighted by Crippen LogP contribution is -2.51. The number of amides is 2. The van der Waals surface area contributed by atoms with E-state index in [1.54, 1.807) is 17.2 Å². The van der Waals surface area contributed by atoms with E-state index in [0.29, 0.717) is 11.4 Å². The topological polar surface area (TPSA) is 88.3 Å². The third kappa shape index (κ3) is 2.04. The molecular formula is C9H10N4O2. The predicted molar refractivity (Wildman–Crippen MR) is 54.0 cm³/mol. The first-order chi connectivity index (χ1) is 7.15. The Kier molecular flexibility index (Phi) is 2.24. The summed E-state index contributed by atoms with van der Waals surface area (Å²) < 4.78 is 0. The molecule has 0 saturated carbocycles. The lowest BCUT2D eigenvalue weighted by molar-refractivity contribution is -0.130. The maximum Gasteiger partial charge on any atom is 0.246 e. The van der Waals surface area contributed by atoms with E-state index in [4.69, 9.17) is 5.73 Å². The molecule has 1 aromatic heterocycles. The molecule has 1 aromatic rings. The van der Waals surface area contributed by atoms with Crippen molar-refractivity contribution in [2.24, 2.45) is 0 Å². The normalized spacial score (nSPS) is 16.4. The molecule has 15 heavy (non-hydrogen) atoms. The molecule has 1 saturated heterocycles. The number of carbonyl (C=O) groups is 2. The van der Waals surface area contributed by atoms with Gasteiger partial charge in [-0.2, -0.15) is 0 Å². The number of nitrogens with two attached hydrogens (primary N) is 1. The lowest BCUT2D eigenvalue weighted by atomic mass is 10.3. The van der Waals surface area contributed by atoms with E-state index < -0.39 is 0 Å². The van der Waals surface area contributed by atoms with Crippen molar-refractivity contribution < 1.29 is 9.59 Å². The molecule has 0 unspecified atom stereocenters. The minimum absolute atomic E-state index is 0.150. The van der Waals surface area contributed by atoms with Crippen molar-refractivity contribution in [1.29, 1.82) is 0 Å². The summed E-state index contributed by atoms with van der Waals surface area (Å²) in [6.45, 7) is 0.299. The van der Waals surface area contributed by atoms with E-state index >= 15 is 0 Å². The molecule has 0 aromatic carbocycles. The number of piperazine rings is 1. The highest BCUT2D eigenvalue weighted by molar-refractivity contribution is 6.02. The SMILES string of the molecule is Nc1cncc(N2CC(=O)NC(=O)C2)c1. The zero-order chi connectivity index (χ0) is 10.8. The van der Waals surface area contributed by atoms with Crippen LogP contribution in [0.15, 0.2) is 18.5 Å². The van der Waals surface area contributed by atoms with Crippen LogP contribution in [0.25, 0.3) is 0 Å². The van der Waals surface area contributed by atoms with Crippen molar-refractivity contribution in [3.05, 3.63) is 18.5 Å². The average molecular weight is 206 g/mol. The summed E-state index contributed by atoms with van der Waals surface area (Å²) in [5, 5.41) is 2.22. The van der Waals surface area contributed by atoms with Gasteiger partial charge in [0.15, 0.2) is 0 Å². The smallest absolute Gasteiger partial charge is 0.246 e. The van der Waals surface area contributed by atoms with Gasteiger partial charge in [0.25, 0.3) is 0 Å². The summed E-state index contributed by atoms with van der Waals surface area (Å²) in [4.78, 5) is 27.8. The number of nitrogens with one attached hydrogen (secondary N) is 1. The van der Waals surface area contributed by atoms with Gasteiger partial charge in [-0.15, -0.1) is 0 Å². The molecule has 3 N–H and O–H groups in total. The second-order valence-corrected chi connectivity index (χ2v) is 3.30. The Balaban J connectivity index is 2.23. The third-order valence-corrected chi connectivity index (χ3v) is 2.06. The van der Waals surface area contributed by atoms with Gasteiger partial charge in [0, 0.05) is 6.20 Å². The van der Waals surface area contributed by atoms with Crippen LogP contribution in [-0.4, -0.2) is 29.9 Å². The summed E-state index contributed by atoms with van der Waals surface area (Å²) in [6.07, 6.45) is 3.08. The highest BCUT2D eigenvalue weighted by Crippen LogP contribution is 2.16. The summed E-state index contributed by atoms with van der Waals surface area (Å²) >= 11 is 0. The van der Waals surface area contributed by atoms with E-state index in [0.717, 1.165) is 0 Å². The van der Waals surface area contributed by atoms with Crippen molar-refractivity contribution in [3.63, 3.8) is 0 Å². The molecular weight excluding hydrogens is 196 g/mol. The average Bonchev–Trinajstić information content (AvgIpc) is 2.16. The summed E-state index contributed by atoms with van der Waals surface area (Å²) in [5.74, 6) is -0.623. The molecule has 78 valence electrons. The molecule has 0 radical (unpaired) electrons. The number of carbonyl (C=O) groups excluding carboxylic acids is 2. The molecule has 6 heteroatoms. The first-order valence-electron chi connectivity index (χ1n) is 4.43. The molecule has 1 aliphatic rings. The number of anilines is 2. The van der Waals surface area contributed by atoms with Crippen molar-refractivity contribution in [2.45, 2.75) is 0 Å². The number of hydrogen-bond acceptors (Lipinski definition) is 5. The Hall–Kier alpha value is -2.11. The standard InChI is InChI=1S/C9H10N4O2/c10-6-1-7(3-11-2-6)13-4-8(14)12-9(15)5-13/h1-3H,4-5,10H2,(H,12,14,15). The Bertz CT molecular complexity index is 402. The van der Waals surface area contributed by atoms with Crippen molar-refractivity contribution >= 4 is 23.2 Å². The number of imide groups is 1. The van der Waals surface area contributed by atoms with Crippen molar-refractivity contribution in [3.8, 4) is 0 Å².